The Labute approximate surface area is 146 Å². The van der Waals surface area contributed by atoms with Crippen molar-refractivity contribution in [1.29, 1.82) is 0 Å². The lowest BCUT2D eigenvalue weighted by atomic mass is 10.3. The zero-order valence-electron chi connectivity index (χ0n) is 14.3. The Morgan fingerprint density at radius 2 is 2.29 bits per heavy atom. The van der Waals surface area contributed by atoms with E-state index in [1.165, 1.54) is 12.1 Å². The van der Waals surface area contributed by atoms with Gasteiger partial charge in [-0.25, -0.2) is 14.4 Å². The van der Waals surface area contributed by atoms with Gasteiger partial charge in [-0.2, -0.15) is 0 Å². The lowest BCUT2D eigenvalue weighted by Gasteiger charge is -2.21. The second kappa shape index (κ2) is 9.22. The highest BCUT2D eigenvalue weighted by molar-refractivity contribution is 7.09. The van der Waals surface area contributed by atoms with Crippen molar-refractivity contribution in [3.63, 3.8) is 0 Å². The Bertz CT molecular complexity index is 674. The number of guanidine groups is 1. The number of benzene rings is 1. The number of thiazole rings is 1. The van der Waals surface area contributed by atoms with Crippen molar-refractivity contribution in [1.82, 2.24) is 15.2 Å². The van der Waals surface area contributed by atoms with E-state index in [9.17, 15) is 4.39 Å². The molecule has 0 aliphatic heterocycles. The van der Waals surface area contributed by atoms with Gasteiger partial charge in [-0.3, -0.25) is 0 Å². The summed E-state index contributed by atoms with van der Waals surface area (Å²) >= 11 is 1.64. The van der Waals surface area contributed by atoms with Gasteiger partial charge in [0.15, 0.2) is 5.96 Å². The Morgan fingerprint density at radius 3 is 2.96 bits per heavy atom. The predicted molar refractivity (Wildman–Crippen MR) is 96.2 cm³/mol. The van der Waals surface area contributed by atoms with Crippen molar-refractivity contribution in [2.45, 2.75) is 20.4 Å². The van der Waals surface area contributed by atoms with Gasteiger partial charge in [-0.1, -0.05) is 6.07 Å². The monoisotopic (exact) mass is 350 g/mol. The molecule has 0 fully saturated rings. The number of rotatable bonds is 7. The fourth-order valence-electron chi connectivity index (χ4n) is 2.14. The highest BCUT2D eigenvalue weighted by Crippen LogP contribution is 2.12. The third kappa shape index (κ3) is 5.81. The molecule has 0 amide bonds. The first-order valence-electron chi connectivity index (χ1n) is 7.87. The first-order chi connectivity index (χ1) is 11.6. The van der Waals surface area contributed by atoms with Crippen LogP contribution in [0.4, 0.5) is 4.39 Å². The van der Waals surface area contributed by atoms with E-state index in [0.29, 0.717) is 25.4 Å². The van der Waals surface area contributed by atoms with Crippen molar-refractivity contribution in [3.8, 4) is 5.75 Å². The topological polar surface area (TPSA) is 49.8 Å². The molecule has 0 saturated heterocycles. The normalized spacial score (nSPS) is 11.4. The maximum absolute atomic E-state index is 13.1. The summed E-state index contributed by atoms with van der Waals surface area (Å²) in [7, 11) is 1.98. The molecule has 0 radical (unpaired) electrons. The smallest absolute Gasteiger partial charge is 0.194 e. The van der Waals surface area contributed by atoms with Crippen LogP contribution in [0.3, 0.4) is 0 Å². The van der Waals surface area contributed by atoms with Crippen LogP contribution in [0.1, 0.15) is 17.6 Å². The van der Waals surface area contributed by atoms with Crippen molar-refractivity contribution in [3.05, 3.63) is 46.2 Å². The van der Waals surface area contributed by atoms with Gasteiger partial charge in [0.25, 0.3) is 0 Å². The van der Waals surface area contributed by atoms with Gasteiger partial charge in [-0.05, 0) is 26.0 Å². The van der Waals surface area contributed by atoms with E-state index >= 15 is 0 Å². The van der Waals surface area contributed by atoms with Crippen LogP contribution in [0.2, 0.25) is 0 Å². The molecule has 0 aliphatic rings. The lowest BCUT2D eigenvalue weighted by Crippen LogP contribution is -2.38. The Kier molecular flexibility index (Phi) is 6.99. The van der Waals surface area contributed by atoms with Crippen LogP contribution >= 0.6 is 11.3 Å². The molecule has 1 aromatic heterocycles. The van der Waals surface area contributed by atoms with Crippen molar-refractivity contribution in [2.75, 3.05) is 26.7 Å². The molecule has 5 nitrogen and oxygen atoms in total. The van der Waals surface area contributed by atoms with Crippen LogP contribution in [-0.2, 0) is 6.54 Å². The molecular formula is C17H23FN4OS. The largest absolute Gasteiger partial charge is 0.492 e. The van der Waals surface area contributed by atoms with Gasteiger partial charge in [-0.15, -0.1) is 11.3 Å². The number of aromatic nitrogens is 1. The average Bonchev–Trinajstić information content (AvgIpc) is 2.95. The molecule has 0 spiro atoms. The number of aryl methyl sites for hydroxylation is 1. The van der Waals surface area contributed by atoms with Gasteiger partial charge < -0.3 is 15.0 Å². The van der Waals surface area contributed by atoms with Crippen molar-refractivity contribution < 1.29 is 9.13 Å². The van der Waals surface area contributed by atoms with E-state index < -0.39 is 0 Å². The fraction of sp³-hybridized carbons (Fsp3) is 0.412. The summed E-state index contributed by atoms with van der Waals surface area (Å²) in [5.41, 5.74) is 1.03. The summed E-state index contributed by atoms with van der Waals surface area (Å²) in [6, 6.07) is 6.12. The average molecular weight is 350 g/mol. The van der Waals surface area contributed by atoms with E-state index in [4.69, 9.17) is 4.74 Å². The Hall–Kier alpha value is -2.15. The quantitative estimate of drug-likeness (QED) is 0.474. The lowest BCUT2D eigenvalue weighted by molar-refractivity contribution is 0.325. The SMILES string of the molecule is CCNC(=NCCOc1cccc(F)c1)N(C)Cc1csc(C)n1. The van der Waals surface area contributed by atoms with E-state index in [-0.39, 0.29) is 5.82 Å². The fourth-order valence-corrected chi connectivity index (χ4v) is 2.74. The summed E-state index contributed by atoms with van der Waals surface area (Å²) in [5, 5.41) is 6.37. The third-order valence-corrected chi connectivity index (χ3v) is 4.00. The predicted octanol–water partition coefficient (Wildman–Crippen LogP) is 3.07. The van der Waals surface area contributed by atoms with E-state index in [1.54, 1.807) is 23.5 Å². The number of aliphatic imine (C=N–C) groups is 1. The second-order valence-corrected chi connectivity index (χ2v) is 6.32. The number of hydrogen-bond donors (Lipinski definition) is 1. The molecule has 0 atom stereocenters. The minimum atomic E-state index is -0.303. The van der Waals surface area contributed by atoms with Crippen LogP contribution < -0.4 is 10.1 Å². The summed E-state index contributed by atoms with van der Waals surface area (Å²) in [5.74, 6) is 1.01. The number of nitrogens with zero attached hydrogens (tertiary/aromatic N) is 3. The maximum Gasteiger partial charge on any atom is 0.194 e. The Morgan fingerprint density at radius 1 is 1.46 bits per heavy atom. The summed E-state index contributed by atoms with van der Waals surface area (Å²) in [6.45, 7) is 6.38. The van der Waals surface area contributed by atoms with Gasteiger partial charge in [0.1, 0.15) is 18.2 Å². The van der Waals surface area contributed by atoms with Crippen LogP contribution in [0.15, 0.2) is 34.6 Å². The molecule has 7 heteroatoms. The number of ether oxygens (including phenoxy) is 1. The number of halogens is 1. The molecular weight excluding hydrogens is 327 g/mol. The first kappa shape index (κ1) is 18.2. The van der Waals surface area contributed by atoms with Gasteiger partial charge in [0, 0.05) is 25.0 Å². The maximum atomic E-state index is 13.1. The minimum Gasteiger partial charge on any atom is -0.492 e. The molecule has 0 aliphatic carbocycles. The van der Waals surface area contributed by atoms with E-state index in [0.717, 1.165) is 23.2 Å². The van der Waals surface area contributed by atoms with Crippen LogP contribution in [-0.4, -0.2) is 42.6 Å². The molecule has 0 unspecified atom stereocenters. The highest BCUT2D eigenvalue weighted by atomic mass is 32.1. The van der Waals surface area contributed by atoms with Gasteiger partial charge in [0.05, 0.1) is 23.8 Å². The third-order valence-electron chi connectivity index (χ3n) is 3.18. The molecule has 24 heavy (non-hydrogen) atoms. The second-order valence-electron chi connectivity index (χ2n) is 5.26. The molecule has 130 valence electrons. The molecule has 2 aromatic rings. The van der Waals surface area contributed by atoms with E-state index in [2.05, 4.69) is 20.7 Å². The van der Waals surface area contributed by atoms with Gasteiger partial charge in [0.2, 0.25) is 0 Å². The summed E-state index contributed by atoms with van der Waals surface area (Å²) < 4.78 is 18.6. The van der Waals surface area contributed by atoms with Gasteiger partial charge >= 0.3 is 0 Å². The molecule has 0 bridgehead atoms. The summed E-state index contributed by atoms with van der Waals surface area (Å²) in [6.07, 6.45) is 0. The molecule has 1 N–H and O–H groups in total. The summed E-state index contributed by atoms with van der Waals surface area (Å²) in [4.78, 5) is 11.0. The van der Waals surface area contributed by atoms with Crippen LogP contribution in [0.5, 0.6) is 5.75 Å². The molecule has 1 aromatic carbocycles. The standard InChI is InChI=1S/C17H23FN4OS/c1-4-19-17(22(3)11-15-12-24-13(2)21-15)20-8-9-23-16-7-5-6-14(18)10-16/h5-7,10,12H,4,8-9,11H2,1-3H3,(H,19,20). The van der Waals surface area contributed by atoms with Crippen LogP contribution in [0, 0.1) is 12.7 Å². The van der Waals surface area contributed by atoms with Crippen LogP contribution in [0.25, 0.3) is 0 Å². The molecule has 2 rings (SSSR count). The minimum absolute atomic E-state index is 0.303. The zero-order valence-corrected chi connectivity index (χ0v) is 15.1. The number of hydrogen-bond acceptors (Lipinski definition) is 4. The number of nitrogens with one attached hydrogen (secondary N) is 1. The Balaban J connectivity index is 1.87. The highest BCUT2D eigenvalue weighted by Gasteiger charge is 2.08. The van der Waals surface area contributed by atoms with Crippen molar-refractivity contribution >= 4 is 17.3 Å². The van der Waals surface area contributed by atoms with E-state index in [1.807, 2.05) is 25.8 Å². The zero-order chi connectivity index (χ0) is 17.4. The van der Waals surface area contributed by atoms with Crippen molar-refractivity contribution in [2.24, 2.45) is 4.99 Å². The molecule has 0 saturated carbocycles. The first-order valence-corrected chi connectivity index (χ1v) is 8.75. The molecule has 1 heterocycles.